The van der Waals surface area contributed by atoms with Gasteiger partial charge in [0.05, 0.1) is 11.3 Å². The minimum absolute atomic E-state index is 0.310. The minimum Gasteiger partial charge on any atom is -0.295 e. The van der Waals surface area contributed by atoms with Gasteiger partial charge < -0.3 is 0 Å². The molecule has 5 nitrogen and oxygen atoms in total. The molecule has 1 aliphatic heterocycles. The molecule has 6 heteroatoms. The zero-order chi connectivity index (χ0) is 13.8. The van der Waals surface area contributed by atoms with E-state index in [2.05, 4.69) is 29.2 Å². The lowest BCUT2D eigenvalue weighted by Gasteiger charge is -2.34. The summed E-state index contributed by atoms with van der Waals surface area (Å²) in [5.74, 6) is 4.77. The smallest absolute Gasteiger partial charge is 0.266 e. The van der Waals surface area contributed by atoms with Gasteiger partial charge in [0.2, 0.25) is 0 Å². The molecular formula is C13H20N4OS. The number of rotatable bonds is 3. The quantitative estimate of drug-likeness (QED) is 0.491. The van der Waals surface area contributed by atoms with E-state index in [0.717, 1.165) is 25.3 Å². The monoisotopic (exact) mass is 280 g/mol. The fourth-order valence-electron chi connectivity index (χ4n) is 2.38. The number of hydrazine groups is 1. The van der Waals surface area contributed by atoms with Crippen LogP contribution in [0.5, 0.6) is 0 Å². The van der Waals surface area contributed by atoms with Crippen LogP contribution in [-0.4, -0.2) is 39.4 Å². The summed E-state index contributed by atoms with van der Waals surface area (Å²) in [5, 5.41) is 1.32. The molecule has 0 aliphatic carbocycles. The summed E-state index contributed by atoms with van der Waals surface area (Å²) in [7, 11) is 0. The highest BCUT2D eigenvalue weighted by molar-refractivity contribution is 8.00. The number of nitrogens with two attached hydrogens (primary N) is 1. The van der Waals surface area contributed by atoms with Crippen molar-refractivity contribution in [3.05, 3.63) is 29.6 Å². The third-order valence-corrected chi connectivity index (χ3v) is 4.33. The van der Waals surface area contributed by atoms with E-state index >= 15 is 0 Å². The molecule has 0 aromatic carbocycles. The van der Waals surface area contributed by atoms with Crippen LogP contribution in [0.15, 0.2) is 18.3 Å². The number of carbonyl (C=O) groups excluding carboxylic acids is 1. The Morgan fingerprint density at radius 2 is 2.16 bits per heavy atom. The number of hydrogen-bond donors (Lipinski definition) is 2. The molecule has 104 valence electrons. The van der Waals surface area contributed by atoms with Crippen molar-refractivity contribution in [3.8, 4) is 0 Å². The molecule has 3 N–H and O–H groups in total. The van der Waals surface area contributed by atoms with E-state index in [-0.39, 0.29) is 5.91 Å². The van der Waals surface area contributed by atoms with Crippen molar-refractivity contribution in [3.63, 3.8) is 0 Å². The summed E-state index contributed by atoms with van der Waals surface area (Å²) in [6.07, 6.45) is 1.57. The Morgan fingerprint density at radius 1 is 1.47 bits per heavy atom. The molecule has 1 amide bonds. The average Bonchev–Trinajstić information content (AvgIpc) is 2.37. The van der Waals surface area contributed by atoms with Gasteiger partial charge in [-0.05, 0) is 12.1 Å². The van der Waals surface area contributed by atoms with Gasteiger partial charge in [0.1, 0.15) is 0 Å². The van der Waals surface area contributed by atoms with Crippen LogP contribution in [0.4, 0.5) is 0 Å². The lowest BCUT2D eigenvalue weighted by molar-refractivity contribution is 0.0953. The summed E-state index contributed by atoms with van der Waals surface area (Å²) < 4.78 is 0. The van der Waals surface area contributed by atoms with Gasteiger partial charge in [-0.25, -0.2) is 5.84 Å². The summed E-state index contributed by atoms with van der Waals surface area (Å²) >= 11 is 2.04. The summed E-state index contributed by atoms with van der Waals surface area (Å²) in [4.78, 5) is 18.1. The molecule has 1 saturated heterocycles. The van der Waals surface area contributed by atoms with E-state index in [0.29, 0.717) is 16.1 Å². The highest BCUT2D eigenvalue weighted by Gasteiger charge is 2.22. The highest BCUT2D eigenvalue weighted by Crippen LogP contribution is 2.25. The van der Waals surface area contributed by atoms with Crippen LogP contribution in [0.1, 0.15) is 29.9 Å². The molecule has 0 radical (unpaired) electrons. The van der Waals surface area contributed by atoms with Gasteiger partial charge in [-0.1, -0.05) is 13.8 Å². The molecule has 1 aromatic rings. The summed E-state index contributed by atoms with van der Waals surface area (Å²) in [6.45, 7) is 7.52. The average molecular weight is 280 g/mol. The second-order valence-corrected chi connectivity index (χ2v) is 6.84. The molecule has 0 bridgehead atoms. The maximum atomic E-state index is 11.3. The van der Waals surface area contributed by atoms with Crippen molar-refractivity contribution in [2.45, 2.75) is 30.9 Å². The Labute approximate surface area is 117 Å². The fraction of sp³-hybridized carbons (Fsp3) is 0.538. The maximum Gasteiger partial charge on any atom is 0.266 e. The summed E-state index contributed by atoms with van der Waals surface area (Å²) in [5.41, 5.74) is 3.58. The van der Waals surface area contributed by atoms with Crippen LogP contribution in [0.2, 0.25) is 0 Å². The molecule has 19 heavy (non-hydrogen) atoms. The van der Waals surface area contributed by atoms with Crippen LogP contribution in [0.3, 0.4) is 0 Å². The third-order valence-electron chi connectivity index (χ3n) is 3.10. The maximum absolute atomic E-state index is 11.3. The van der Waals surface area contributed by atoms with E-state index in [1.54, 1.807) is 12.3 Å². The van der Waals surface area contributed by atoms with Gasteiger partial charge in [-0.3, -0.25) is 20.1 Å². The zero-order valence-electron chi connectivity index (χ0n) is 11.3. The number of carbonyl (C=O) groups is 1. The number of nitrogen functional groups attached to an aromatic ring is 1. The molecule has 0 spiro atoms. The molecule has 2 rings (SSSR count). The number of thioether (sulfide) groups is 1. The van der Waals surface area contributed by atoms with Crippen LogP contribution < -0.4 is 11.3 Å². The van der Waals surface area contributed by atoms with Crippen LogP contribution in [0, 0.1) is 0 Å². The Balaban J connectivity index is 1.97. The molecule has 2 atom stereocenters. The normalized spacial score (nSPS) is 24.2. The van der Waals surface area contributed by atoms with Crippen molar-refractivity contribution < 1.29 is 4.79 Å². The van der Waals surface area contributed by atoms with E-state index in [4.69, 9.17) is 5.84 Å². The Bertz CT molecular complexity index is 427. The van der Waals surface area contributed by atoms with E-state index in [1.165, 1.54) is 0 Å². The largest absolute Gasteiger partial charge is 0.295 e. The predicted octanol–water partition coefficient (Wildman–Crippen LogP) is 1.01. The highest BCUT2D eigenvalue weighted by atomic mass is 32.2. The predicted molar refractivity (Wildman–Crippen MR) is 77.7 cm³/mol. The number of pyridine rings is 1. The Hall–Kier alpha value is -1.11. The number of nitrogens with one attached hydrogen (secondary N) is 1. The number of nitrogens with zero attached hydrogens (tertiary/aromatic N) is 2. The summed E-state index contributed by atoms with van der Waals surface area (Å²) in [6, 6.07) is 3.65. The van der Waals surface area contributed by atoms with Gasteiger partial charge in [-0.15, -0.1) is 0 Å². The van der Waals surface area contributed by atoms with Crippen molar-refractivity contribution in [2.75, 3.05) is 13.1 Å². The second-order valence-electron chi connectivity index (χ2n) is 4.96. The molecule has 1 fully saturated rings. The van der Waals surface area contributed by atoms with Crippen LogP contribution >= 0.6 is 11.8 Å². The van der Waals surface area contributed by atoms with Crippen molar-refractivity contribution >= 4 is 17.7 Å². The molecule has 2 unspecified atom stereocenters. The van der Waals surface area contributed by atoms with Crippen molar-refractivity contribution in [2.24, 2.45) is 5.84 Å². The number of aromatic nitrogens is 1. The SMILES string of the molecule is CC1CN(Cc2ccc(C(=O)NN)cn2)CC(C)S1. The van der Waals surface area contributed by atoms with Gasteiger partial charge in [-0.2, -0.15) is 11.8 Å². The first kappa shape index (κ1) is 14.3. The topological polar surface area (TPSA) is 71.2 Å². The minimum atomic E-state index is -0.310. The molecule has 0 saturated carbocycles. The van der Waals surface area contributed by atoms with Crippen molar-refractivity contribution in [1.29, 1.82) is 0 Å². The Morgan fingerprint density at radius 3 is 2.68 bits per heavy atom. The number of hydrogen-bond acceptors (Lipinski definition) is 5. The van der Waals surface area contributed by atoms with Crippen LogP contribution in [-0.2, 0) is 6.54 Å². The third kappa shape index (κ3) is 3.92. The Kier molecular flexibility index (Phi) is 4.79. The first-order valence-corrected chi connectivity index (χ1v) is 7.36. The first-order valence-electron chi connectivity index (χ1n) is 6.42. The number of amides is 1. The standard InChI is InChI=1S/C13H20N4OS/c1-9-6-17(7-10(2)19-9)8-12-4-3-11(5-15-12)13(18)16-14/h3-5,9-10H,6-8,14H2,1-2H3,(H,16,18). The van der Waals surface area contributed by atoms with Gasteiger partial charge in [0, 0.05) is 36.3 Å². The van der Waals surface area contributed by atoms with Crippen LogP contribution in [0.25, 0.3) is 0 Å². The van der Waals surface area contributed by atoms with E-state index < -0.39 is 0 Å². The fourth-order valence-corrected chi connectivity index (χ4v) is 3.77. The second kappa shape index (κ2) is 6.36. The lowest BCUT2D eigenvalue weighted by atomic mass is 10.2. The zero-order valence-corrected chi connectivity index (χ0v) is 12.1. The molecule has 1 aromatic heterocycles. The first-order chi connectivity index (χ1) is 9.08. The van der Waals surface area contributed by atoms with Crippen molar-refractivity contribution in [1.82, 2.24) is 15.3 Å². The van der Waals surface area contributed by atoms with E-state index in [9.17, 15) is 4.79 Å². The van der Waals surface area contributed by atoms with E-state index in [1.807, 2.05) is 17.8 Å². The molecular weight excluding hydrogens is 260 g/mol. The molecule has 1 aliphatic rings. The lowest BCUT2D eigenvalue weighted by Crippen LogP contribution is -2.39. The van der Waals surface area contributed by atoms with Gasteiger partial charge in [0.15, 0.2) is 0 Å². The molecule has 2 heterocycles. The van der Waals surface area contributed by atoms with Gasteiger partial charge >= 0.3 is 0 Å². The van der Waals surface area contributed by atoms with Gasteiger partial charge in [0.25, 0.3) is 5.91 Å².